The fraction of sp³-hybridized carbons (Fsp3) is 0.500. The first-order valence-corrected chi connectivity index (χ1v) is 11.6. The molecule has 2 fully saturated rings. The molecule has 3 aliphatic heterocycles. The lowest BCUT2D eigenvalue weighted by Gasteiger charge is -2.34. The molecule has 0 aromatic heterocycles. The summed E-state index contributed by atoms with van der Waals surface area (Å²) in [6, 6.07) is 4.38. The minimum atomic E-state index is -0.470. The number of nitrogens with one attached hydrogen (secondary N) is 1. The fourth-order valence-electron chi connectivity index (χ4n) is 3.98. The summed E-state index contributed by atoms with van der Waals surface area (Å²) in [6.07, 6.45) is 2.84. The van der Waals surface area contributed by atoms with E-state index in [-0.39, 0.29) is 36.5 Å². The van der Waals surface area contributed by atoms with E-state index in [0.29, 0.717) is 34.8 Å². The molecule has 0 radical (unpaired) electrons. The molecule has 188 valence electrons. The van der Waals surface area contributed by atoms with Crippen molar-refractivity contribution in [2.45, 2.75) is 18.9 Å². The highest BCUT2D eigenvalue weighted by Gasteiger charge is 2.28. The van der Waals surface area contributed by atoms with Crippen molar-refractivity contribution < 1.29 is 18.7 Å². The Morgan fingerprint density at radius 3 is 2.53 bits per heavy atom. The number of piperidine rings is 1. The van der Waals surface area contributed by atoms with Gasteiger partial charge in [0.1, 0.15) is 11.6 Å². The van der Waals surface area contributed by atoms with Gasteiger partial charge in [0.05, 0.1) is 4.91 Å². The van der Waals surface area contributed by atoms with Gasteiger partial charge in [-0.05, 0) is 63.0 Å². The molecule has 34 heavy (non-hydrogen) atoms. The highest BCUT2D eigenvalue weighted by molar-refractivity contribution is 8.18. The van der Waals surface area contributed by atoms with Crippen molar-refractivity contribution in [2.75, 3.05) is 53.4 Å². The van der Waals surface area contributed by atoms with Crippen molar-refractivity contribution in [1.29, 1.82) is 0 Å². The van der Waals surface area contributed by atoms with Crippen molar-refractivity contribution in [2.24, 2.45) is 4.99 Å². The number of nitrogens with zero attached hydrogens (tertiary/aromatic N) is 4. The van der Waals surface area contributed by atoms with Crippen LogP contribution in [0, 0.1) is 5.82 Å². The van der Waals surface area contributed by atoms with Crippen LogP contribution in [-0.4, -0.2) is 91.3 Å². The average molecular weight is 534 g/mol. The molecule has 0 bridgehead atoms. The molecule has 2 saturated heterocycles. The molecule has 8 nitrogen and oxygen atoms in total. The number of ether oxygens (including phenoxy) is 1. The second kappa shape index (κ2) is 12.7. The van der Waals surface area contributed by atoms with Crippen LogP contribution in [0.5, 0.6) is 5.75 Å². The number of aliphatic imine (C=N–C) groups is 1. The molecule has 0 unspecified atom stereocenters. The Kier molecular flexibility index (Phi) is 10.6. The Labute approximate surface area is 215 Å². The van der Waals surface area contributed by atoms with Crippen LogP contribution in [0.2, 0.25) is 0 Å². The van der Waals surface area contributed by atoms with Crippen molar-refractivity contribution in [3.05, 3.63) is 34.5 Å². The Morgan fingerprint density at radius 1 is 1.21 bits per heavy atom. The summed E-state index contributed by atoms with van der Waals surface area (Å²) in [5, 5.41) is 3.92. The minimum absolute atomic E-state index is 0. The highest BCUT2D eigenvalue weighted by Crippen LogP contribution is 2.33. The smallest absolute Gasteiger partial charge is 0.410 e. The van der Waals surface area contributed by atoms with E-state index in [9.17, 15) is 14.0 Å². The third-order valence-corrected chi connectivity index (χ3v) is 6.95. The summed E-state index contributed by atoms with van der Waals surface area (Å²) < 4.78 is 19.6. The van der Waals surface area contributed by atoms with Gasteiger partial charge in [0, 0.05) is 50.9 Å². The first-order valence-electron chi connectivity index (χ1n) is 10.8. The monoisotopic (exact) mass is 533 g/mol. The number of likely N-dealkylation sites (tertiary alicyclic amines) is 1. The zero-order valence-electron chi connectivity index (χ0n) is 19.2. The van der Waals surface area contributed by atoms with Gasteiger partial charge in [-0.1, -0.05) is 0 Å². The number of rotatable bonds is 3. The number of amidine groups is 1. The summed E-state index contributed by atoms with van der Waals surface area (Å²) in [5.74, 6) is -0.611. The normalized spacial score (nSPS) is 20.2. The second-order valence-electron chi connectivity index (χ2n) is 8.28. The molecule has 0 spiro atoms. The van der Waals surface area contributed by atoms with Gasteiger partial charge < -0.3 is 24.8 Å². The maximum atomic E-state index is 14.0. The Morgan fingerprint density at radius 2 is 1.88 bits per heavy atom. The second-order valence-corrected chi connectivity index (χ2v) is 9.29. The van der Waals surface area contributed by atoms with Gasteiger partial charge in [-0.3, -0.25) is 4.79 Å². The SMILES string of the molecule is CN(C)C1CCN(C(=O)Oc2ccc(F)cc2/C=C2\SC(N3CCNCC3)=NC2=O)CC1.Cl.Cl. The van der Waals surface area contributed by atoms with Crippen LogP contribution in [0.15, 0.2) is 28.1 Å². The molecule has 1 aromatic rings. The first kappa shape index (κ1) is 28.4. The zero-order valence-corrected chi connectivity index (χ0v) is 21.6. The van der Waals surface area contributed by atoms with Crippen molar-refractivity contribution in [3.63, 3.8) is 0 Å². The third-order valence-electron chi connectivity index (χ3n) is 5.91. The number of carbonyl (C=O) groups is 2. The third kappa shape index (κ3) is 6.85. The van der Waals surface area contributed by atoms with Crippen LogP contribution < -0.4 is 10.1 Å². The van der Waals surface area contributed by atoms with Crippen LogP contribution in [0.3, 0.4) is 0 Å². The van der Waals surface area contributed by atoms with Crippen molar-refractivity contribution >= 4 is 59.8 Å². The molecule has 2 amide bonds. The van der Waals surface area contributed by atoms with Gasteiger partial charge in [0.2, 0.25) is 0 Å². The van der Waals surface area contributed by atoms with Crippen LogP contribution >= 0.6 is 36.6 Å². The average Bonchev–Trinajstić information content (AvgIpc) is 3.16. The van der Waals surface area contributed by atoms with Gasteiger partial charge in [-0.25, -0.2) is 9.18 Å². The topological polar surface area (TPSA) is 77.5 Å². The maximum Gasteiger partial charge on any atom is 0.415 e. The molecule has 0 atom stereocenters. The lowest BCUT2D eigenvalue weighted by molar-refractivity contribution is -0.113. The predicted octanol–water partition coefficient (Wildman–Crippen LogP) is 3.07. The summed E-state index contributed by atoms with van der Waals surface area (Å²) in [7, 11) is 4.08. The van der Waals surface area contributed by atoms with E-state index in [4.69, 9.17) is 4.74 Å². The Bertz CT molecular complexity index is 948. The highest BCUT2D eigenvalue weighted by atomic mass is 35.5. The van der Waals surface area contributed by atoms with Crippen molar-refractivity contribution in [3.8, 4) is 5.75 Å². The summed E-state index contributed by atoms with van der Waals surface area (Å²) in [6.45, 7) is 4.44. The molecular weight excluding hydrogens is 504 g/mol. The van der Waals surface area contributed by atoms with E-state index in [0.717, 1.165) is 39.0 Å². The fourth-order valence-corrected chi connectivity index (χ4v) is 4.93. The van der Waals surface area contributed by atoms with Gasteiger partial charge in [0.15, 0.2) is 5.17 Å². The van der Waals surface area contributed by atoms with Crippen LogP contribution in [0.4, 0.5) is 9.18 Å². The number of hydrogen-bond acceptors (Lipinski definition) is 7. The standard InChI is InChI=1S/C22H28FN5O3S.2ClH/c1-26(2)17-5-9-28(10-6-17)22(30)31-18-4-3-16(23)13-15(18)14-19-20(29)25-21(32-19)27-11-7-24-8-12-27;;/h3-4,13-14,17,24H,5-12H2,1-2H3;2*1H/b19-14-;;. The van der Waals surface area contributed by atoms with E-state index in [1.807, 2.05) is 14.1 Å². The van der Waals surface area contributed by atoms with E-state index in [2.05, 4.69) is 20.1 Å². The molecule has 0 aliphatic carbocycles. The van der Waals surface area contributed by atoms with Gasteiger partial charge >= 0.3 is 6.09 Å². The lowest BCUT2D eigenvalue weighted by atomic mass is 10.0. The lowest BCUT2D eigenvalue weighted by Crippen LogP contribution is -2.45. The predicted molar refractivity (Wildman–Crippen MR) is 138 cm³/mol. The summed E-state index contributed by atoms with van der Waals surface area (Å²) >= 11 is 1.27. The number of halogens is 3. The van der Waals surface area contributed by atoms with Crippen LogP contribution in [0.1, 0.15) is 18.4 Å². The molecule has 1 N–H and O–H groups in total. The number of benzene rings is 1. The quantitative estimate of drug-likeness (QED) is 0.598. The number of carbonyl (C=O) groups excluding carboxylic acids is 2. The molecule has 1 aromatic carbocycles. The Hall–Kier alpha value is -1.85. The van der Waals surface area contributed by atoms with E-state index >= 15 is 0 Å². The number of hydrogen-bond donors (Lipinski definition) is 1. The maximum absolute atomic E-state index is 14.0. The number of amides is 2. The summed E-state index contributed by atoms with van der Waals surface area (Å²) in [5.41, 5.74) is 0.342. The van der Waals surface area contributed by atoms with E-state index in [1.54, 1.807) is 11.0 Å². The van der Waals surface area contributed by atoms with Crippen molar-refractivity contribution in [1.82, 2.24) is 20.0 Å². The molecule has 3 aliphatic rings. The van der Waals surface area contributed by atoms with Crippen LogP contribution in [0.25, 0.3) is 6.08 Å². The zero-order chi connectivity index (χ0) is 22.7. The largest absolute Gasteiger partial charge is 0.415 e. The van der Waals surface area contributed by atoms with Crippen LogP contribution in [-0.2, 0) is 4.79 Å². The summed E-state index contributed by atoms with van der Waals surface area (Å²) in [4.78, 5) is 35.6. The molecule has 4 rings (SSSR count). The van der Waals surface area contributed by atoms with E-state index in [1.165, 1.54) is 30.0 Å². The van der Waals surface area contributed by atoms with Gasteiger partial charge in [0.25, 0.3) is 5.91 Å². The Balaban J connectivity index is 0.00000204. The molecule has 12 heteroatoms. The molecular formula is C22H30Cl2FN5O3S. The van der Waals surface area contributed by atoms with Gasteiger partial charge in [-0.15, -0.1) is 24.8 Å². The molecule has 0 saturated carbocycles. The van der Waals surface area contributed by atoms with Gasteiger partial charge in [-0.2, -0.15) is 4.99 Å². The minimum Gasteiger partial charge on any atom is -0.410 e. The van der Waals surface area contributed by atoms with E-state index < -0.39 is 11.9 Å². The number of thioether (sulfide) groups is 1. The number of piperazine rings is 1. The first-order chi connectivity index (χ1) is 15.4. The molecule has 3 heterocycles.